The first kappa shape index (κ1) is 23.8. The molecule has 11 heteroatoms. The number of benzene rings is 2. The monoisotopic (exact) mass is 450 g/mol. The molecule has 0 aromatic heterocycles. The molecule has 2 rings (SSSR count). The highest BCUT2D eigenvalue weighted by molar-refractivity contribution is 6.35. The van der Waals surface area contributed by atoms with Crippen molar-refractivity contribution in [1.82, 2.24) is 10.7 Å². The van der Waals surface area contributed by atoms with Crippen LogP contribution in [0.5, 0.6) is 5.75 Å². The van der Waals surface area contributed by atoms with E-state index < -0.39 is 23.5 Å². The number of rotatable bonds is 9. The van der Waals surface area contributed by atoms with E-state index in [2.05, 4.69) is 21.2 Å². The molecule has 0 saturated heterocycles. The summed E-state index contributed by atoms with van der Waals surface area (Å²) in [6.07, 6.45) is 1.27. The Morgan fingerprint density at radius 1 is 1.16 bits per heavy atom. The summed E-state index contributed by atoms with van der Waals surface area (Å²) in [7, 11) is 1.47. The molecule has 31 heavy (non-hydrogen) atoms. The van der Waals surface area contributed by atoms with Crippen LogP contribution in [-0.2, 0) is 19.1 Å². The van der Waals surface area contributed by atoms with E-state index in [1.54, 1.807) is 24.3 Å². The first-order valence-corrected chi connectivity index (χ1v) is 9.35. The molecule has 0 aliphatic heterocycles. The van der Waals surface area contributed by atoms with Gasteiger partial charge in [0, 0.05) is 24.9 Å². The highest BCUT2D eigenvalue weighted by atomic mass is 35.5. The van der Waals surface area contributed by atoms with Crippen molar-refractivity contribution in [2.75, 3.05) is 32.2 Å². The number of hydrogen-bond donors (Lipinski definition) is 3. The molecular formula is C20H20ClFN4O5. The molecule has 3 N–H and O–H groups in total. The average molecular weight is 451 g/mol. The number of anilines is 1. The highest BCUT2D eigenvalue weighted by Gasteiger charge is 2.12. The standard InChI is InChI=1S/C20H20ClFN4O5/c1-30-9-8-23-19(28)20(29)26-24-11-13-4-2-3-5-17(13)31-12-18(27)25-14-6-7-16(22)15(21)10-14/h2-7,10-11H,8-9,12H2,1H3,(H,23,28)(H,25,27)(H,26,29)/b24-11-. The van der Waals surface area contributed by atoms with Gasteiger partial charge >= 0.3 is 11.8 Å². The van der Waals surface area contributed by atoms with Crippen LogP contribution in [0.3, 0.4) is 0 Å². The summed E-state index contributed by atoms with van der Waals surface area (Å²) in [5, 5.41) is 8.49. The predicted molar refractivity (Wildman–Crippen MR) is 113 cm³/mol. The van der Waals surface area contributed by atoms with Crippen molar-refractivity contribution >= 4 is 41.2 Å². The summed E-state index contributed by atoms with van der Waals surface area (Å²) in [4.78, 5) is 35.3. The van der Waals surface area contributed by atoms with Gasteiger partial charge in [-0.15, -0.1) is 0 Å². The Morgan fingerprint density at radius 3 is 2.68 bits per heavy atom. The normalized spacial score (nSPS) is 10.5. The molecular weight excluding hydrogens is 431 g/mol. The summed E-state index contributed by atoms with van der Waals surface area (Å²) in [6.45, 7) is 0.123. The predicted octanol–water partition coefficient (Wildman–Crippen LogP) is 1.71. The summed E-state index contributed by atoms with van der Waals surface area (Å²) in [5.41, 5.74) is 2.87. The first-order valence-electron chi connectivity index (χ1n) is 8.97. The van der Waals surface area contributed by atoms with Crippen LogP contribution in [0.1, 0.15) is 5.56 Å². The first-order chi connectivity index (χ1) is 14.9. The summed E-state index contributed by atoms with van der Waals surface area (Å²) in [5.74, 6) is -2.56. The van der Waals surface area contributed by atoms with Gasteiger partial charge in [0.25, 0.3) is 5.91 Å². The molecule has 3 amide bonds. The van der Waals surface area contributed by atoms with E-state index >= 15 is 0 Å². The number of carbonyl (C=O) groups is 3. The van der Waals surface area contributed by atoms with Gasteiger partial charge in [0.2, 0.25) is 0 Å². The molecule has 0 atom stereocenters. The zero-order valence-corrected chi connectivity index (χ0v) is 17.2. The average Bonchev–Trinajstić information content (AvgIpc) is 2.75. The molecule has 9 nitrogen and oxygen atoms in total. The third-order valence-electron chi connectivity index (χ3n) is 3.65. The van der Waals surface area contributed by atoms with Gasteiger partial charge in [-0.05, 0) is 30.3 Å². The van der Waals surface area contributed by atoms with Crippen molar-refractivity contribution in [3.8, 4) is 5.75 Å². The van der Waals surface area contributed by atoms with E-state index in [4.69, 9.17) is 21.1 Å². The molecule has 0 aliphatic rings. The maximum absolute atomic E-state index is 13.2. The number of amides is 3. The Balaban J connectivity index is 1.88. The zero-order chi connectivity index (χ0) is 22.6. The molecule has 2 aromatic carbocycles. The molecule has 0 radical (unpaired) electrons. The maximum Gasteiger partial charge on any atom is 0.329 e. The van der Waals surface area contributed by atoms with Gasteiger partial charge in [-0.25, -0.2) is 9.82 Å². The smallest absolute Gasteiger partial charge is 0.329 e. The van der Waals surface area contributed by atoms with Gasteiger partial charge in [0.1, 0.15) is 11.6 Å². The maximum atomic E-state index is 13.2. The molecule has 0 saturated carbocycles. The number of para-hydroxylation sites is 1. The fourth-order valence-electron chi connectivity index (χ4n) is 2.19. The SMILES string of the molecule is COCCNC(=O)C(=O)N/N=C\c1ccccc1OCC(=O)Nc1ccc(F)c(Cl)c1. The van der Waals surface area contributed by atoms with Crippen molar-refractivity contribution in [2.24, 2.45) is 5.10 Å². The molecule has 0 aliphatic carbocycles. The van der Waals surface area contributed by atoms with E-state index in [9.17, 15) is 18.8 Å². The van der Waals surface area contributed by atoms with Gasteiger partial charge in [0.15, 0.2) is 6.61 Å². The van der Waals surface area contributed by atoms with Crippen LogP contribution in [0.25, 0.3) is 0 Å². The molecule has 0 spiro atoms. The number of nitrogens with zero attached hydrogens (tertiary/aromatic N) is 1. The second kappa shape index (κ2) is 12.3. The van der Waals surface area contributed by atoms with Gasteiger partial charge in [0.05, 0.1) is 17.8 Å². The number of hydrogen-bond acceptors (Lipinski definition) is 6. The van der Waals surface area contributed by atoms with Crippen molar-refractivity contribution in [1.29, 1.82) is 0 Å². The van der Waals surface area contributed by atoms with Crippen molar-refractivity contribution < 1.29 is 28.2 Å². The lowest BCUT2D eigenvalue weighted by atomic mass is 10.2. The minimum atomic E-state index is -0.942. The number of ether oxygens (including phenoxy) is 2. The lowest BCUT2D eigenvalue weighted by Gasteiger charge is -2.10. The number of methoxy groups -OCH3 is 1. The molecule has 0 heterocycles. The van der Waals surface area contributed by atoms with Crippen molar-refractivity contribution in [2.45, 2.75) is 0 Å². The van der Waals surface area contributed by atoms with E-state index in [-0.39, 0.29) is 24.8 Å². The van der Waals surface area contributed by atoms with Crippen LogP contribution >= 0.6 is 11.6 Å². The Hall–Kier alpha value is -3.50. The Morgan fingerprint density at radius 2 is 1.94 bits per heavy atom. The van der Waals surface area contributed by atoms with Gasteiger partial charge in [-0.3, -0.25) is 14.4 Å². The minimum Gasteiger partial charge on any atom is -0.483 e. The lowest BCUT2D eigenvalue weighted by Crippen LogP contribution is -2.39. The third-order valence-corrected chi connectivity index (χ3v) is 3.94. The number of halogens is 2. The Bertz CT molecular complexity index is 970. The van der Waals surface area contributed by atoms with Gasteiger partial charge in [-0.1, -0.05) is 23.7 Å². The van der Waals surface area contributed by atoms with Crippen molar-refractivity contribution in [3.63, 3.8) is 0 Å². The molecule has 164 valence electrons. The molecule has 0 unspecified atom stereocenters. The van der Waals surface area contributed by atoms with Crippen LogP contribution in [-0.4, -0.2) is 50.8 Å². The second-order valence-electron chi connectivity index (χ2n) is 5.95. The van der Waals surface area contributed by atoms with E-state index in [0.717, 1.165) is 6.07 Å². The molecule has 2 aromatic rings. The summed E-state index contributed by atoms with van der Waals surface area (Å²) >= 11 is 5.68. The van der Waals surface area contributed by atoms with Gasteiger partial charge in [-0.2, -0.15) is 5.10 Å². The quantitative estimate of drug-likeness (QED) is 0.233. The van der Waals surface area contributed by atoms with E-state index in [1.807, 2.05) is 0 Å². The number of hydrazone groups is 1. The minimum absolute atomic E-state index is 0.116. The second-order valence-corrected chi connectivity index (χ2v) is 6.36. The third kappa shape index (κ3) is 8.03. The Kier molecular flexibility index (Phi) is 9.40. The summed E-state index contributed by atoms with van der Waals surface area (Å²) < 4.78 is 23.4. The van der Waals surface area contributed by atoms with Crippen LogP contribution in [0.15, 0.2) is 47.6 Å². The van der Waals surface area contributed by atoms with E-state index in [1.165, 1.54) is 25.5 Å². The fourth-order valence-corrected chi connectivity index (χ4v) is 2.37. The highest BCUT2D eigenvalue weighted by Crippen LogP contribution is 2.20. The topological polar surface area (TPSA) is 118 Å². The largest absolute Gasteiger partial charge is 0.483 e. The number of carbonyl (C=O) groups excluding carboxylic acids is 3. The van der Waals surface area contributed by atoms with Crippen LogP contribution in [0.2, 0.25) is 5.02 Å². The number of nitrogens with one attached hydrogen (secondary N) is 3. The molecule has 0 fully saturated rings. The zero-order valence-electron chi connectivity index (χ0n) is 16.5. The van der Waals surface area contributed by atoms with Crippen LogP contribution in [0.4, 0.5) is 10.1 Å². The Labute approximate surface area is 182 Å². The van der Waals surface area contributed by atoms with Crippen molar-refractivity contribution in [3.05, 3.63) is 58.9 Å². The van der Waals surface area contributed by atoms with Crippen LogP contribution < -0.4 is 20.8 Å². The fraction of sp³-hybridized carbons (Fsp3) is 0.200. The van der Waals surface area contributed by atoms with Gasteiger partial charge < -0.3 is 20.1 Å². The molecule has 0 bridgehead atoms. The van der Waals surface area contributed by atoms with E-state index in [0.29, 0.717) is 17.0 Å². The van der Waals surface area contributed by atoms with Crippen LogP contribution in [0, 0.1) is 5.82 Å². The lowest BCUT2D eigenvalue weighted by molar-refractivity contribution is -0.139. The summed E-state index contributed by atoms with van der Waals surface area (Å²) in [6, 6.07) is 10.4.